The molecule has 0 aliphatic carbocycles. The first-order valence-electron chi connectivity index (χ1n) is 9.45. The van der Waals surface area contributed by atoms with E-state index in [0.717, 1.165) is 4.90 Å². The lowest BCUT2D eigenvalue weighted by molar-refractivity contribution is -0.384. The number of carbonyl (C=O) groups is 2. The van der Waals surface area contributed by atoms with Gasteiger partial charge < -0.3 is 14.4 Å². The highest BCUT2D eigenvalue weighted by atomic mass is 16.6. The Hall–Kier alpha value is -4.47. The number of nitro benzene ring substituents is 1. The zero-order valence-corrected chi connectivity index (χ0v) is 17.0. The summed E-state index contributed by atoms with van der Waals surface area (Å²) in [6.07, 6.45) is 0. The van der Waals surface area contributed by atoms with E-state index in [1.165, 1.54) is 49.6 Å². The van der Waals surface area contributed by atoms with Crippen LogP contribution in [0.2, 0.25) is 0 Å². The van der Waals surface area contributed by atoms with E-state index >= 15 is 0 Å². The highest BCUT2D eigenvalue weighted by Gasteiger charge is 2.48. The molecule has 32 heavy (non-hydrogen) atoms. The number of benzene rings is 2. The number of non-ortho nitro benzene ring substituents is 1. The fourth-order valence-corrected chi connectivity index (χ4v) is 3.56. The number of hydrogen-bond acceptors (Lipinski definition) is 8. The number of hydrogen-bond donors (Lipinski definition) is 1. The van der Waals surface area contributed by atoms with Crippen LogP contribution < -0.4 is 9.64 Å². The number of Topliss-reactive ketones (excluding diaryl/α,β-unsaturated/α-hetero) is 1. The van der Waals surface area contributed by atoms with Crippen molar-refractivity contribution in [1.29, 1.82) is 0 Å². The number of ether oxygens (including phenoxy) is 1. The summed E-state index contributed by atoms with van der Waals surface area (Å²) < 4.78 is 10.2. The molecule has 4 rings (SSSR count). The molecular weight excluding hydrogens is 418 g/mol. The van der Waals surface area contributed by atoms with Gasteiger partial charge in [-0.25, -0.2) is 0 Å². The van der Waals surface area contributed by atoms with Gasteiger partial charge >= 0.3 is 5.91 Å². The first-order chi connectivity index (χ1) is 15.3. The van der Waals surface area contributed by atoms with E-state index in [4.69, 9.17) is 9.26 Å². The monoisotopic (exact) mass is 435 g/mol. The number of carbonyl (C=O) groups excluding carboxylic acids is 2. The number of aromatic nitrogens is 1. The van der Waals surface area contributed by atoms with Crippen LogP contribution in [0, 0.1) is 17.0 Å². The number of amides is 1. The van der Waals surface area contributed by atoms with E-state index in [1.807, 2.05) is 0 Å². The van der Waals surface area contributed by atoms with Crippen molar-refractivity contribution < 1.29 is 28.9 Å². The summed E-state index contributed by atoms with van der Waals surface area (Å²) in [5.74, 6) is -1.33. The molecule has 0 unspecified atom stereocenters. The molecular formula is C22H17N3O7. The Morgan fingerprint density at radius 3 is 2.50 bits per heavy atom. The van der Waals surface area contributed by atoms with Crippen molar-refractivity contribution >= 4 is 29.0 Å². The lowest BCUT2D eigenvalue weighted by Gasteiger charge is -2.22. The smallest absolute Gasteiger partial charge is 0.301 e. The molecule has 1 aromatic heterocycles. The van der Waals surface area contributed by atoms with Gasteiger partial charge in [-0.05, 0) is 36.8 Å². The van der Waals surface area contributed by atoms with Crippen molar-refractivity contribution in [3.8, 4) is 5.75 Å². The van der Waals surface area contributed by atoms with Gasteiger partial charge in [0.2, 0.25) is 0 Å². The van der Waals surface area contributed by atoms with Gasteiger partial charge in [-0.1, -0.05) is 17.3 Å². The number of anilines is 1. The van der Waals surface area contributed by atoms with Gasteiger partial charge in [0, 0.05) is 23.8 Å². The number of rotatable bonds is 5. The number of aryl methyl sites for hydroxylation is 1. The van der Waals surface area contributed by atoms with Crippen molar-refractivity contribution in [3.05, 3.63) is 87.2 Å². The molecule has 1 fully saturated rings. The van der Waals surface area contributed by atoms with Crippen LogP contribution in [-0.4, -0.2) is 34.0 Å². The number of ketones is 1. The maximum Gasteiger partial charge on any atom is 0.301 e. The minimum Gasteiger partial charge on any atom is -0.507 e. The van der Waals surface area contributed by atoms with Crippen molar-refractivity contribution in [2.75, 3.05) is 12.0 Å². The van der Waals surface area contributed by atoms with Crippen molar-refractivity contribution in [3.63, 3.8) is 0 Å². The van der Waals surface area contributed by atoms with E-state index in [0.29, 0.717) is 11.5 Å². The van der Waals surface area contributed by atoms with E-state index in [-0.39, 0.29) is 28.2 Å². The maximum atomic E-state index is 13.0. The molecule has 162 valence electrons. The van der Waals surface area contributed by atoms with E-state index < -0.39 is 28.4 Å². The fourth-order valence-electron chi connectivity index (χ4n) is 3.56. The van der Waals surface area contributed by atoms with Gasteiger partial charge in [0.25, 0.3) is 11.5 Å². The number of aliphatic hydroxyl groups is 1. The summed E-state index contributed by atoms with van der Waals surface area (Å²) >= 11 is 0. The molecule has 1 aliphatic rings. The highest BCUT2D eigenvalue weighted by Crippen LogP contribution is 2.42. The molecule has 0 saturated carbocycles. The largest absolute Gasteiger partial charge is 0.507 e. The third kappa shape index (κ3) is 3.47. The van der Waals surface area contributed by atoms with E-state index in [2.05, 4.69) is 5.16 Å². The quantitative estimate of drug-likeness (QED) is 0.211. The van der Waals surface area contributed by atoms with Crippen molar-refractivity contribution in [2.45, 2.75) is 13.0 Å². The summed E-state index contributed by atoms with van der Waals surface area (Å²) in [6.45, 7) is 1.62. The molecule has 1 atom stereocenters. The number of methoxy groups -OCH3 is 1. The van der Waals surface area contributed by atoms with Gasteiger partial charge in [-0.15, -0.1) is 0 Å². The van der Waals surface area contributed by atoms with Crippen LogP contribution in [0.1, 0.15) is 22.9 Å². The van der Waals surface area contributed by atoms with Gasteiger partial charge in [0.05, 0.1) is 23.6 Å². The second-order valence-electron chi connectivity index (χ2n) is 7.05. The lowest BCUT2D eigenvalue weighted by Crippen LogP contribution is -2.29. The summed E-state index contributed by atoms with van der Waals surface area (Å²) in [6, 6.07) is 12.1. The van der Waals surface area contributed by atoms with Crippen LogP contribution in [0.5, 0.6) is 5.75 Å². The van der Waals surface area contributed by atoms with Crippen LogP contribution in [0.3, 0.4) is 0 Å². The summed E-state index contributed by atoms with van der Waals surface area (Å²) in [5, 5.41) is 26.1. The minimum atomic E-state index is -1.15. The van der Waals surface area contributed by atoms with Crippen LogP contribution in [-0.2, 0) is 9.59 Å². The molecule has 1 aliphatic heterocycles. The molecule has 1 N–H and O–H groups in total. The Kier molecular flexibility index (Phi) is 5.19. The molecule has 0 radical (unpaired) electrons. The SMILES string of the molecule is COc1ccc(C(O)=C2C(=O)C(=O)N(c3cc(C)on3)[C@@H]2c2cccc([N+](=O)[O-])c2)cc1. The molecule has 0 spiro atoms. The summed E-state index contributed by atoms with van der Waals surface area (Å²) in [5.41, 5.74) is 0.0832. The average molecular weight is 435 g/mol. The molecule has 3 aromatic rings. The predicted molar refractivity (Wildman–Crippen MR) is 112 cm³/mol. The predicted octanol–water partition coefficient (Wildman–Crippen LogP) is 3.53. The highest BCUT2D eigenvalue weighted by molar-refractivity contribution is 6.51. The Morgan fingerprint density at radius 1 is 1.19 bits per heavy atom. The fraction of sp³-hybridized carbons (Fsp3) is 0.136. The molecule has 1 amide bonds. The Labute approximate surface area is 181 Å². The van der Waals surface area contributed by atoms with E-state index in [1.54, 1.807) is 19.1 Å². The molecule has 10 nitrogen and oxygen atoms in total. The van der Waals surface area contributed by atoms with Crippen LogP contribution in [0.4, 0.5) is 11.5 Å². The third-order valence-corrected chi connectivity index (χ3v) is 5.07. The number of nitro groups is 1. The zero-order valence-electron chi connectivity index (χ0n) is 17.0. The summed E-state index contributed by atoms with van der Waals surface area (Å²) in [4.78, 5) is 37.8. The standard InChI is InChI=1S/C22H17N3O7/c1-12-10-17(23-32-12)24-19(14-4-3-5-15(11-14)25(29)30)18(21(27)22(24)28)20(26)13-6-8-16(31-2)9-7-13/h3-11,19,26H,1-2H3/t19-/m1/s1. The Balaban J connectivity index is 1.94. The maximum absolute atomic E-state index is 13.0. The lowest BCUT2D eigenvalue weighted by atomic mass is 9.95. The second kappa shape index (κ2) is 7.99. The van der Waals surface area contributed by atoms with E-state index in [9.17, 15) is 24.8 Å². The van der Waals surface area contributed by atoms with Gasteiger partial charge in [0.15, 0.2) is 5.82 Å². The molecule has 0 bridgehead atoms. The summed E-state index contributed by atoms with van der Waals surface area (Å²) in [7, 11) is 1.49. The van der Waals surface area contributed by atoms with Gasteiger partial charge in [0.1, 0.15) is 17.3 Å². The van der Waals surface area contributed by atoms with Crippen LogP contribution in [0.25, 0.3) is 5.76 Å². The molecule has 10 heteroatoms. The zero-order chi connectivity index (χ0) is 23.0. The normalized spacial score (nSPS) is 17.6. The second-order valence-corrected chi connectivity index (χ2v) is 7.05. The molecule has 2 heterocycles. The van der Waals surface area contributed by atoms with Crippen LogP contribution in [0.15, 0.2) is 64.7 Å². The van der Waals surface area contributed by atoms with Crippen molar-refractivity contribution in [2.24, 2.45) is 0 Å². The number of nitrogens with zero attached hydrogens (tertiary/aromatic N) is 3. The minimum absolute atomic E-state index is 0.0508. The average Bonchev–Trinajstić information content (AvgIpc) is 3.34. The van der Waals surface area contributed by atoms with Gasteiger partial charge in [-0.2, -0.15) is 0 Å². The van der Waals surface area contributed by atoms with Crippen molar-refractivity contribution in [1.82, 2.24) is 5.16 Å². The molecule has 1 saturated heterocycles. The molecule has 2 aromatic carbocycles. The van der Waals surface area contributed by atoms with Crippen LogP contribution >= 0.6 is 0 Å². The Morgan fingerprint density at radius 2 is 1.91 bits per heavy atom. The topological polar surface area (TPSA) is 136 Å². The number of aliphatic hydroxyl groups excluding tert-OH is 1. The Bertz CT molecular complexity index is 1260. The first kappa shape index (κ1) is 20.8. The van der Waals surface area contributed by atoms with Gasteiger partial charge in [-0.3, -0.25) is 24.6 Å². The first-order valence-corrected chi connectivity index (χ1v) is 9.45. The third-order valence-electron chi connectivity index (χ3n) is 5.07.